The molecule has 2 aromatic rings. The van der Waals surface area contributed by atoms with Crippen LogP contribution >= 0.6 is 0 Å². The molecule has 0 fully saturated rings. The summed E-state index contributed by atoms with van der Waals surface area (Å²) in [5.74, 6) is -2.09. The van der Waals surface area contributed by atoms with Crippen molar-refractivity contribution in [3.63, 3.8) is 0 Å². The lowest BCUT2D eigenvalue weighted by Gasteiger charge is -1.90. The molecular formula is C8H3F3O. The Morgan fingerprint density at radius 1 is 1.00 bits per heavy atom. The van der Waals surface area contributed by atoms with Crippen LogP contribution in [0.15, 0.2) is 22.8 Å². The van der Waals surface area contributed by atoms with Gasteiger partial charge in [0.1, 0.15) is 6.26 Å². The first kappa shape index (κ1) is 7.21. The molecule has 0 aliphatic carbocycles. The molecule has 1 nitrogen and oxygen atoms in total. The molecule has 0 spiro atoms. The molecule has 0 unspecified atom stereocenters. The zero-order valence-corrected chi connectivity index (χ0v) is 5.77. The summed E-state index contributed by atoms with van der Waals surface area (Å²) in [6, 6.07) is 0.754. The monoisotopic (exact) mass is 172 g/mol. The quantitative estimate of drug-likeness (QED) is 0.595. The molecular weight excluding hydrogens is 169 g/mol. The van der Waals surface area contributed by atoms with Crippen LogP contribution in [0, 0.1) is 17.6 Å². The zero-order valence-electron chi connectivity index (χ0n) is 5.77. The summed E-state index contributed by atoms with van der Waals surface area (Å²) in [4.78, 5) is 0. The second-order valence-corrected chi connectivity index (χ2v) is 2.36. The number of hydrogen-bond donors (Lipinski definition) is 0. The van der Waals surface area contributed by atoms with Crippen molar-refractivity contribution in [2.45, 2.75) is 0 Å². The summed E-state index contributed by atoms with van der Waals surface area (Å²) in [6.07, 6.45) is 1.03. The highest BCUT2D eigenvalue weighted by Gasteiger charge is 2.09. The highest BCUT2D eigenvalue weighted by Crippen LogP contribution is 2.22. The fourth-order valence-electron chi connectivity index (χ4n) is 1.01. The molecule has 0 amide bonds. The van der Waals surface area contributed by atoms with Crippen molar-refractivity contribution in [2.24, 2.45) is 0 Å². The SMILES string of the molecule is Fc1cc2coc(F)c2cc1F. The molecule has 62 valence electrons. The molecule has 0 bridgehead atoms. The van der Waals surface area contributed by atoms with Gasteiger partial charge in [-0.3, -0.25) is 0 Å². The minimum atomic E-state index is -1.08. The van der Waals surface area contributed by atoms with Crippen molar-refractivity contribution >= 4 is 10.8 Å². The molecule has 0 aliphatic rings. The molecule has 0 aliphatic heterocycles. The lowest BCUT2D eigenvalue weighted by Crippen LogP contribution is -1.82. The third kappa shape index (κ3) is 0.879. The summed E-state index contributed by atoms with van der Waals surface area (Å²) in [6.45, 7) is 0. The predicted molar refractivity (Wildman–Crippen MR) is 36.1 cm³/mol. The van der Waals surface area contributed by atoms with Gasteiger partial charge in [0.15, 0.2) is 11.6 Å². The van der Waals surface area contributed by atoms with Gasteiger partial charge in [0, 0.05) is 5.39 Å². The summed E-state index contributed by atoms with van der Waals surface area (Å²) in [7, 11) is 0. The van der Waals surface area contributed by atoms with Gasteiger partial charge >= 0.3 is 0 Å². The van der Waals surface area contributed by atoms with Crippen molar-refractivity contribution in [1.29, 1.82) is 0 Å². The predicted octanol–water partition coefficient (Wildman–Crippen LogP) is 2.85. The van der Waals surface area contributed by atoms with E-state index >= 15 is 0 Å². The van der Waals surface area contributed by atoms with E-state index in [2.05, 4.69) is 4.42 Å². The van der Waals surface area contributed by atoms with Gasteiger partial charge in [-0.05, 0) is 12.1 Å². The molecule has 1 heterocycles. The maximum absolute atomic E-state index is 12.6. The third-order valence-electron chi connectivity index (χ3n) is 1.59. The lowest BCUT2D eigenvalue weighted by atomic mass is 10.2. The Kier molecular flexibility index (Phi) is 1.36. The zero-order chi connectivity index (χ0) is 8.72. The van der Waals surface area contributed by atoms with E-state index in [1.165, 1.54) is 0 Å². The van der Waals surface area contributed by atoms with E-state index < -0.39 is 17.6 Å². The Bertz CT molecular complexity index is 433. The number of fused-ring (bicyclic) bond motifs is 1. The van der Waals surface area contributed by atoms with E-state index in [1.54, 1.807) is 0 Å². The van der Waals surface area contributed by atoms with Crippen molar-refractivity contribution in [1.82, 2.24) is 0 Å². The smallest absolute Gasteiger partial charge is 0.285 e. The average Bonchev–Trinajstić information content (AvgIpc) is 2.35. The number of halogens is 3. The van der Waals surface area contributed by atoms with E-state index in [4.69, 9.17) is 0 Å². The van der Waals surface area contributed by atoms with Gasteiger partial charge in [0.25, 0.3) is 6.01 Å². The average molecular weight is 172 g/mol. The fraction of sp³-hybridized carbons (Fsp3) is 0. The van der Waals surface area contributed by atoms with Gasteiger partial charge < -0.3 is 4.42 Å². The van der Waals surface area contributed by atoms with E-state index in [0.717, 1.165) is 18.4 Å². The first-order chi connectivity index (χ1) is 5.68. The molecule has 0 N–H and O–H groups in total. The van der Waals surface area contributed by atoms with Crippen LogP contribution in [0.3, 0.4) is 0 Å². The molecule has 1 aromatic heterocycles. The minimum absolute atomic E-state index is 0.0473. The number of benzene rings is 1. The fourth-order valence-corrected chi connectivity index (χ4v) is 1.01. The first-order valence-electron chi connectivity index (χ1n) is 3.20. The van der Waals surface area contributed by atoms with E-state index in [0.29, 0.717) is 0 Å². The Labute approximate surface area is 65.4 Å². The highest BCUT2D eigenvalue weighted by atomic mass is 19.2. The largest absolute Gasteiger partial charge is 0.439 e. The van der Waals surface area contributed by atoms with Crippen molar-refractivity contribution in [3.8, 4) is 0 Å². The summed E-state index contributed by atoms with van der Waals surface area (Å²) >= 11 is 0. The van der Waals surface area contributed by atoms with Gasteiger partial charge in [-0.1, -0.05) is 0 Å². The van der Waals surface area contributed by atoms with Crippen LogP contribution in [-0.2, 0) is 0 Å². The van der Waals surface area contributed by atoms with E-state index in [1.807, 2.05) is 0 Å². The van der Waals surface area contributed by atoms with Crippen LogP contribution in [0.2, 0.25) is 0 Å². The molecule has 0 saturated heterocycles. The highest BCUT2D eigenvalue weighted by molar-refractivity contribution is 5.81. The normalized spacial score (nSPS) is 10.9. The first-order valence-corrected chi connectivity index (χ1v) is 3.20. The number of rotatable bonds is 0. The molecule has 0 atom stereocenters. The van der Waals surface area contributed by atoms with Crippen LogP contribution in [0.5, 0.6) is 0 Å². The number of furan rings is 1. The summed E-state index contributed by atoms with van der Waals surface area (Å²) < 4.78 is 42.0. The second kappa shape index (κ2) is 2.27. The Morgan fingerprint density at radius 3 is 2.42 bits per heavy atom. The van der Waals surface area contributed by atoms with Crippen molar-refractivity contribution in [3.05, 3.63) is 36.0 Å². The van der Waals surface area contributed by atoms with Crippen molar-refractivity contribution < 1.29 is 17.6 Å². The van der Waals surface area contributed by atoms with Gasteiger partial charge in [-0.15, -0.1) is 0 Å². The minimum Gasteiger partial charge on any atom is -0.439 e. The van der Waals surface area contributed by atoms with E-state index in [9.17, 15) is 13.2 Å². The Hall–Kier alpha value is -1.45. The second-order valence-electron chi connectivity index (χ2n) is 2.36. The number of hydrogen-bond acceptors (Lipinski definition) is 1. The van der Waals surface area contributed by atoms with Gasteiger partial charge in [-0.2, -0.15) is 4.39 Å². The Morgan fingerprint density at radius 2 is 1.67 bits per heavy atom. The molecule has 0 radical (unpaired) electrons. The van der Waals surface area contributed by atoms with E-state index in [-0.39, 0.29) is 10.8 Å². The topological polar surface area (TPSA) is 13.1 Å². The van der Waals surface area contributed by atoms with Gasteiger partial charge in [0.2, 0.25) is 0 Å². The lowest BCUT2D eigenvalue weighted by molar-refractivity contribution is 0.366. The molecule has 2 rings (SSSR count). The molecule has 4 heteroatoms. The van der Waals surface area contributed by atoms with Crippen LogP contribution < -0.4 is 0 Å². The van der Waals surface area contributed by atoms with Gasteiger partial charge in [-0.25, -0.2) is 8.78 Å². The molecule has 1 aromatic carbocycles. The maximum atomic E-state index is 12.6. The maximum Gasteiger partial charge on any atom is 0.285 e. The van der Waals surface area contributed by atoms with Crippen LogP contribution in [0.25, 0.3) is 10.8 Å². The third-order valence-corrected chi connectivity index (χ3v) is 1.59. The van der Waals surface area contributed by atoms with Gasteiger partial charge in [0.05, 0.1) is 5.39 Å². The summed E-state index contributed by atoms with van der Waals surface area (Å²) in [5, 5.41) is 0.167. The standard InChI is InChI=1S/C8H3F3O/c9-6-1-4-3-12-8(11)5(4)2-7(6)10/h1-3H. The summed E-state index contributed by atoms with van der Waals surface area (Å²) in [5.41, 5.74) is 0. The van der Waals surface area contributed by atoms with Crippen molar-refractivity contribution in [2.75, 3.05) is 0 Å². The van der Waals surface area contributed by atoms with Crippen LogP contribution in [0.1, 0.15) is 0 Å². The molecule has 12 heavy (non-hydrogen) atoms. The van der Waals surface area contributed by atoms with Crippen LogP contribution in [0.4, 0.5) is 13.2 Å². The van der Waals surface area contributed by atoms with Crippen LogP contribution in [-0.4, -0.2) is 0 Å². The Balaban J connectivity index is 2.87. The molecule has 0 saturated carbocycles.